The molecule has 0 heterocycles. The number of carboxylic acid groups (broad SMARTS) is 2. The highest BCUT2D eigenvalue weighted by molar-refractivity contribution is 8.03. The Morgan fingerprint density at radius 2 is 1.31 bits per heavy atom. The minimum Gasteiger partial charge on any atom is -0.480 e. The van der Waals surface area contributed by atoms with Crippen molar-refractivity contribution in [2.24, 2.45) is 0 Å². The number of rotatable bonds is 20. The van der Waals surface area contributed by atoms with E-state index in [1.807, 2.05) is 11.8 Å². The number of carbonyl (C=O) groups excluding carboxylic acids is 2. The molecule has 1 aliphatic rings. The summed E-state index contributed by atoms with van der Waals surface area (Å²) < 4.78 is 0. The van der Waals surface area contributed by atoms with Crippen LogP contribution in [-0.2, 0) is 19.2 Å². The number of unbranched alkanes of at least 4 members (excludes halogenated alkanes) is 1. The summed E-state index contributed by atoms with van der Waals surface area (Å²) in [4.78, 5) is 48.9. The molecular formula is C22H38N2O6S2. The van der Waals surface area contributed by atoms with Crippen LogP contribution in [-0.4, -0.2) is 105 Å². The molecule has 0 saturated heterocycles. The van der Waals surface area contributed by atoms with Gasteiger partial charge < -0.3 is 10.2 Å². The van der Waals surface area contributed by atoms with Gasteiger partial charge >= 0.3 is 11.9 Å². The smallest absolute Gasteiger partial charge is 0.317 e. The Hall–Kier alpha value is -1.10. The SMILES string of the molecule is CCCCSC1CCC1SCCCC(=O)CN(CCN(CC(C)=O)CC(=O)O)CC(=O)O. The predicted octanol–water partition coefficient (Wildman–Crippen LogP) is 2.50. The molecule has 1 saturated carbocycles. The van der Waals surface area contributed by atoms with Gasteiger partial charge in [-0.15, -0.1) is 0 Å². The Kier molecular flexibility index (Phi) is 14.9. The van der Waals surface area contributed by atoms with Crippen LogP contribution in [0, 0.1) is 0 Å². The molecule has 32 heavy (non-hydrogen) atoms. The molecule has 0 amide bonds. The molecule has 0 spiro atoms. The lowest BCUT2D eigenvalue weighted by atomic mass is 9.99. The molecule has 1 aliphatic carbocycles. The molecule has 2 unspecified atom stereocenters. The number of aliphatic carboxylic acids is 2. The van der Waals surface area contributed by atoms with Gasteiger partial charge in [-0.1, -0.05) is 13.3 Å². The minimum atomic E-state index is -1.05. The third kappa shape index (κ3) is 13.4. The van der Waals surface area contributed by atoms with Crippen LogP contribution in [0.15, 0.2) is 0 Å². The van der Waals surface area contributed by atoms with Crippen molar-refractivity contribution >= 4 is 47.0 Å². The standard InChI is InChI=1S/C22H38N2O6S2/c1-3-4-11-31-19-7-8-20(19)32-12-5-6-18(26)14-24(16-22(29)30)10-9-23(13-17(2)25)15-21(27)28/h19-20H,3-16H2,1-2H3,(H,27,28)(H,29,30). The van der Waals surface area contributed by atoms with Crippen molar-refractivity contribution in [1.82, 2.24) is 9.80 Å². The number of hydrogen-bond donors (Lipinski definition) is 2. The van der Waals surface area contributed by atoms with E-state index in [0.29, 0.717) is 11.7 Å². The van der Waals surface area contributed by atoms with Gasteiger partial charge in [-0.3, -0.25) is 29.0 Å². The molecule has 2 atom stereocenters. The van der Waals surface area contributed by atoms with Crippen molar-refractivity contribution in [2.75, 3.05) is 50.8 Å². The fraction of sp³-hybridized carbons (Fsp3) is 0.818. The molecule has 1 fully saturated rings. The summed E-state index contributed by atoms with van der Waals surface area (Å²) in [5.41, 5.74) is 0. The van der Waals surface area contributed by atoms with Gasteiger partial charge in [-0.05, 0) is 44.1 Å². The van der Waals surface area contributed by atoms with Crippen LogP contribution in [0.3, 0.4) is 0 Å². The van der Waals surface area contributed by atoms with Crippen molar-refractivity contribution in [3.8, 4) is 0 Å². The molecule has 8 nitrogen and oxygen atoms in total. The van der Waals surface area contributed by atoms with Crippen LogP contribution in [0.4, 0.5) is 0 Å². The molecule has 10 heteroatoms. The number of carboxylic acids is 2. The first kappa shape index (κ1) is 28.9. The summed E-state index contributed by atoms with van der Waals surface area (Å²) in [6.45, 7) is 3.42. The second kappa shape index (κ2) is 16.5. The van der Waals surface area contributed by atoms with Gasteiger partial charge in [0, 0.05) is 30.0 Å². The van der Waals surface area contributed by atoms with Crippen LogP contribution in [0.2, 0.25) is 0 Å². The number of carbonyl (C=O) groups is 4. The molecule has 184 valence electrons. The van der Waals surface area contributed by atoms with Crippen LogP contribution in [0.25, 0.3) is 0 Å². The lowest BCUT2D eigenvalue weighted by Gasteiger charge is -2.35. The Morgan fingerprint density at radius 1 is 0.812 bits per heavy atom. The fourth-order valence-electron chi connectivity index (χ4n) is 3.44. The third-order valence-corrected chi connectivity index (χ3v) is 8.41. The van der Waals surface area contributed by atoms with Crippen molar-refractivity contribution < 1.29 is 29.4 Å². The summed E-state index contributed by atoms with van der Waals surface area (Å²) in [7, 11) is 0. The molecular weight excluding hydrogens is 452 g/mol. The maximum absolute atomic E-state index is 12.4. The van der Waals surface area contributed by atoms with Crippen molar-refractivity contribution in [2.45, 2.75) is 62.9 Å². The highest BCUT2D eigenvalue weighted by Crippen LogP contribution is 2.40. The zero-order valence-corrected chi connectivity index (χ0v) is 20.9. The number of hydrogen-bond acceptors (Lipinski definition) is 8. The maximum atomic E-state index is 12.4. The summed E-state index contributed by atoms with van der Waals surface area (Å²) >= 11 is 4.03. The third-order valence-electron chi connectivity index (χ3n) is 5.21. The number of ketones is 2. The average Bonchev–Trinajstić information content (AvgIpc) is 2.66. The van der Waals surface area contributed by atoms with Crippen molar-refractivity contribution in [3.05, 3.63) is 0 Å². The molecule has 0 radical (unpaired) electrons. The summed E-state index contributed by atoms with van der Waals surface area (Å²) in [5, 5.41) is 19.6. The predicted molar refractivity (Wildman–Crippen MR) is 130 cm³/mol. The monoisotopic (exact) mass is 490 g/mol. The van der Waals surface area contributed by atoms with Gasteiger partial charge in [0.25, 0.3) is 0 Å². The van der Waals surface area contributed by atoms with E-state index in [1.165, 1.54) is 48.2 Å². The largest absolute Gasteiger partial charge is 0.480 e. The summed E-state index contributed by atoms with van der Waals surface area (Å²) in [6, 6.07) is 0. The van der Waals surface area contributed by atoms with Gasteiger partial charge in [-0.25, -0.2) is 0 Å². The van der Waals surface area contributed by atoms with E-state index in [2.05, 4.69) is 18.7 Å². The zero-order valence-electron chi connectivity index (χ0n) is 19.3. The lowest BCUT2D eigenvalue weighted by Crippen LogP contribution is -2.43. The molecule has 2 N–H and O–H groups in total. The normalized spacial score (nSPS) is 18.0. The van der Waals surface area contributed by atoms with E-state index >= 15 is 0 Å². The second-order valence-corrected chi connectivity index (χ2v) is 11.0. The van der Waals surface area contributed by atoms with E-state index in [4.69, 9.17) is 10.2 Å². The molecule has 0 aromatic heterocycles. The van der Waals surface area contributed by atoms with E-state index in [9.17, 15) is 19.2 Å². The maximum Gasteiger partial charge on any atom is 0.317 e. The van der Waals surface area contributed by atoms with E-state index < -0.39 is 11.9 Å². The number of Topliss-reactive ketones (excluding diaryl/α,β-unsaturated/α-hetero) is 2. The fourth-order valence-corrected chi connectivity index (χ4v) is 6.59. The quantitative estimate of drug-likeness (QED) is 0.247. The highest BCUT2D eigenvalue weighted by atomic mass is 32.2. The molecule has 0 aliphatic heterocycles. The zero-order chi connectivity index (χ0) is 23.9. The first-order valence-electron chi connectivity index (χ1n) is 11.3. The first-order valence-corrected chi connectivity index (χ1v) is 13.4. The van der Waals surface area contributed by atoms with Crippen LogP contribution < -0.4 is 0 Å². The average molecular weight is 491 g/mol. The van der Waals surface area contributed by atoms with Crippen LogP contribution in [0.1, 0.15) is 52.4 Å². The molecule has 0 aromatic carbocycles. The summed E-state index contributed by atoms with van der Waals surface area (Å²) in [5.74, 6) is -0.103. The van der Waals surface area contributed by atoms with Gasteiger partial charge in [0.15, 0.2) is 0 Å². The second-order valence-electron chi connectivity index (χ2n) is 8.30. The van der Waals surface area contributed by atoms with Gasteiger partial charge in [0.05, 0.1) is 26.2 Å². The van der Waals surface area contributed by atoms with Crippen molar-refractivity contribution in [3.63, 3.8) is 0 Å². The van der Waals surface area contributed by atoms with Crippen LogP contribution >= 0.6 is 23.5 Å². The van der Waals surface area contributed by atoms with Gasteiger partial charge in [-0.2, -0.15) is 23.5 Å². The summed E-state index contributed by atoms with van der Waals surface area (Å²) in [6.07, 6.45) is 6.23. The minimum absolute atomic E-state index is 0.00863. The Bertz CT molecular complexity index is 603. The van der Waals surface area contributed by atoms with E-state index in [0.717, 1.165) is 17.4 Å². The van der Waals surface area contributed by atoms with E-state index in [1.54, 1.807) is 0 Å². The van der Waals surface area contributed by atoms with Crippen LogP contribution in [0.5, 0.6) is 0 Å². The van der Waals surface area contributed by atoms with E-state index in [-0.39, 0.29) is 50.8 Å². The Morgan fingerprint density at radius 3 is 1.75 bits per heavy atom. The topological polar surface area (TPSA) is 115 Å². The first-order chi connectivity index (χ1) is 15.2. The number of nitrogens with zero attached hydrogens (tertiary/aromatic N) is 2. The number of thioether (sulfide) groups is 2. The Balaban J connectivity index is 2.35. The van der Waals surface area contributed by atoms with Gasteiger partial charge in [0.1, 0.15) is 11.6 Å². The lowest BCUT2D eigenvalue weighted by molar-refractivity contribution is -0.141. The molecule has 0 bridgehead atoms. The molecule has 1 rings (SSSR count). The Labute approximate surface area is 199 Å². The molecule has 0 aromatic rings. The van der Waals surface area contributed by atoms with Crippen molar-refractivity contribution in [1.29, 1.82) is 0 Å². The van der Waals surface area contributed by atoms with Gasteiger partial charge in [0.2, 0.25) is 0 Å². The highest BCUT2D eigenvalue weighted by Gasteiger charge is 2.31.